The second kappa shape index (κ2) is 4.72. The van der Waals surface area contributed by atoms with Crippen molar-refractivity contribution in [3.8, 4) is 5.75 Å². The molecular formula is C12H17NO3. The number of aromatic hydroxyl groups is 1. The minimum Gasteiger partial charge on any atom is -0.508 e. The number of benzene rings is 1. The number of ether oxygens (including phenoxy) is 1. The number of hydrogen-bond acceptors (Lipinski definition) is 4. The van der Waals surface area contributed by atoms with Crippen LogP contribution in [0.3, 0.4) is 0 Å². The van der Waals surface area contributed by atoms with E-state index in [0.29, 0.717) is 24.5 Å². The Hall–Kier alpha value is -1.26. The van der Waals surface area contributed by atoms with E-state index in [1.807, 2.05) is 0 Å². The smallest absolute Gasteiger partial charge is 0.117 e. The summed E-state index contributed by atoms with van der Waals surface area (Å²) in [6.07, 6.45) is 1.13. The Bertz CT molecular complexity index is 361. The number of aliphatic hydroxyl groups excluding tert-OH is 1. The molecule has 1 aliphatic heterocycles. The number of aliphatic hydroxyl groups is 1. The lowest BCUT2D eigenvalue weighted by atomic mass is 9.88. The van der Waals surface area contributed by atoms with E-state index in [1.54, 1.807) is 12.1 Å². The highest BCUT2D eigenvalue weighted by Crippen LogP contribution is 2.33. The van der Waals surface area contributed by atoms with Gasteiger partial charge in [-0.1, -0.05) is 6.07 Å². The molecule has 0 radical (unpaired) electrons. The molecule has 0 bridgehead atoms. The fourth-order valence-corrected chi connectivity index (χ4v) is 2.12. The minimum atomic E-state index is -0.565. The SMILES string of the molecule is Nc1cc(O)ccc1C(O)C1CCOCC1. The van der Waals surface area contributed by atoms with Crippen molar-refractivity contribution >= 4 is 5.69 Å². The average molecular weight is 223 g/mol. The maximum Gasteiger partial charge on any atom is 0.117 e. The van der Waals surface area contributed by atoms with Crippen molar-refractivity contribution in [1.82, 2.24) is 0 Å². The number of rotatable bonds is 2. The van der Waals surface area contributed by atoms with Crippen LogP contribution in [0.25, 0.3) is 0 Å². The highest BCUT2D eigenvalue weighted by molar-refractivity contribution is 5.52. The standard InChI is InChI=1S/C12H17NO3/c13-11-7-9(14)1-2-10(11)12(15)8-3-5-16-6-4-8/h1-2,7-8,12,14-15H,3-6,13H2. The van der Waals surface area contributed by atoms with Gasteiger partial charge in [-0.2, -0.15) is 0 Å². The predicted octanol–water partition coefficient (Wildman–Crippen LogP) is 1.43. The third-order valence-electron chi connectivity index (χ3n) is 3.10. The first-order valence-corrected chi connectivity index (χ1v) is 5.52. The summed E-state index contributed by atoms with van der Waals surface area (Å²) in [6.45, 7) is 1.39. The van der Waals surface area contributed by atoms with Crippen LogP contribution in [0.4, 0.5) is 5.69 Å². The van der Waals surface area contributed by atoms with Gasteiger partial charge in [0.2, 0.25) is 0 Å². The minimum absolute atomic E-state index is 0.125. The molecular weight excluding hydrogens is 206 g/mol. The van der Waals surface area contributed by atoms with E-state index in [1.165, 1.54) is 6.07 Å². The molecule has 0 amide bonds. The second-order valence-electron chi connectivity index (χ2n) is 4.21. The first kappa shape index (κ1) is 11.2. The number of nitrogens with two attached hydrogens (primary N) is 1. The summed E-state index contributed by atoms with van der Waals surface area (Å²) in [6, 6.07) is 4.71. The largest absolute Gasteiger partial charge is 0.508 e. The monoisotopic (exact) mass is 223 g/mol. The molecule has 1 atom stereocenters. The summed E-state index contributed by atoms with van der Waals surface area (Å²) < 4.78 is 5.25. The Labute approximate surface area is 94.7 Å². The predicted molar refractivity (Wildman–Crippen MR) is 61.0 cm³/mol. The van der Waals surface area contributed by atoms with E-state index in [2.05, 4.69) is 0 Å². The number of phenolic OH excluding ortho intramolecular Hbond substituents is 1. The van der Waals surface area contributed by atoms with E-state index >= 15 is 0 Å². The van der Waals surface area contributed by atoms with Crippen molar-refractivity contribution in [3.05, 3.63) is 23.8 Å². The van der Waals surface area contributed by atoms with Crippen LogP contribution in [0, 0.1) is 5.92 Å². The van der Waals surface area contributed by atoms with E-state index in [-0.39, 0.29) is 11.7 Å². The summed E-state index contributed by atoms with van der Waals surface area (Å²) in [4.78, 5) is 0. The molecule has 4 heteroatoms. The average Bonchev–Trinajstić information content (AvgIpc) is 2.29. The van der Waals surface area contributed by atoms with E-state index < -0.39 is 6.10 Å². The summed E-state index contributed by atoms with van der Waals surface area (Å²) in [5.74, 6) is 0.320. The lowest BCUT2D eigenvalue weighted by molar-refractivity contribution is 0.00744. The third-order valence-corrected chi connectivity index (χ3v) is 3.10. The van der Waals surface area contributed by atoms with Crippen LogP contribution in [-0.4, -0.2) is 23.4 Å². The van der Waals surface area contributed by atoms with Gasteiger partial charge in [0.05, 0.1) is 6.10 Å². The van der Waals surface area contributed by atoms with Crippen molar-refractivity contribution in [3.63, 3.8) is 0 Å². The summed E-state index contributed by atoms with van der Waals surface area (Å²) in [7, 11) is 0. The molecule has 4 nitrogen and oxygen atoms in total. The fraction of sp³-hybridized carbons (Fsp3) is 0.500. The van der Waals surface area contributed by atoms with Crippen molar-refractivity contribution in [2.45, 2.75) is 18.9 Å². The highest BCUT2D eigenvalue weighted by atomic mass is 16.5. The van der Waals surface area contributed by atoms with Gasteiger partial charge >= 0.3 is 0 Å². The Morgan fingerprint density at radius 1 is 1.31 bits per heavy atom. The van der Waals surface area contributed by atoms with Gasteiger partial charge in [0.15, 0.2) is 0 Å². The zero-order valence-corrected chi connectivity index (χ0v) is 9.10. The Morgan fingerprint density at radius 3 is 2.62 bits per heavy atom. The van der Waals surface area contributed by atoms with Crippen LogP contribution in [0.2, 0.25) is 0 Å². The third kappa shape index (κ3) is 2.28. The highest BCUT2D eigenvalue weighted by Gasteiger charge is 2.24. The zero-order chi connectivity index (χ0) is 11.5. The van der Waals surface area contributed by atoms with Gasteiger partial charge in [-0.25, -0.2) is 0 Å². The molecule has 1 aromatic rings. The molecule has 88 valence electrons. The molecule has 16 heavy (non-hydrogen) atoms. The molecule has 1 aliphatic rings. The van der Waals surface area contributed by atoms with Crippen molar-refractivity contribution in [1.29, 1.82) is 0 Å². The number of anilines is 1. The summed E-state index contributed by atoms with van der Waals surface area (Å²) in [5, 5.41) is 19.4. The first-order chi connectivity index (χ1) is 7.68. The van der Waals surface area contributed by atoms with Gasteiger partial charge < -0.3 is 20.7 Å². The molecule has 2 rings (SSSR count). The van der Waals surface area contributed by atoms with Crippen molar-refractivity contribution in [2.24, 2.45) is 5.92 Å². The zero-order valence-electron chi connectivity index (χ0n) is 9.10. The molecule has 0 spiro atoms. The van der Waals surface area contributed by atoms with Gasteiger partial charge in [0.1, 0.15) is 5.75 Å². The lowest BCUT2D eigenvalue weighted by Crippen LogP contribution is -2.22. The summed E-state index contributed by atoms with van der Waals surface area (Å²) in [5.41, 5.74) is 6.92. The number of hydrogen-bond donors (Lipinski definition) is 3. The van der Waals surface area contributed by atoms with E-state index in [0.717, 1.165) is 12.8 Å². The van der Waals surface area contributed by atoms with E-state index in [9.17, 15) is 10.2 Å². The van der Waals surface area contributed by atoms with Crippen LogP contribution in [0.1, 0.15) is 24.5 Å². The first-order valence-electron chi connectivity index (χ1n) is 5.52. The van der Waals surface area contributed by atoms with Crippen LogP contribution in [0.5, 0.6) is 5.75 Å². The Morgan fingerprint density at radius 2 is 2.00 bits per heavy atom. The van der Waals surface area contributed by atoms with Gasteiger partial charge in [-0.3, -0.25) is 0 Å². The summed E-state index contributed by atoms with van der Waals surface area (Å²) >= 11 is 0. The number of phenols is 1. The second-order valence-corrected chi connectivity index (χ2v) is 4.21. The van der Waals surface area contributed by atoms with Crippen LogP contribution in [-0.2, 0) is 4.74 Å². The van der Waals surface area contributed by atoms with E-state index in [4.69, 9.17) is 10.5 Å². The maximum absolute atomic E-state index is 10.2. The van der Waals surface area contributed by atoms with Gasteiger partial charge in [-0.05, 0) is 24.8 Å². The Kier molecular flexibility index (Phi) is 3.31. The molecule has 1 unspecified atom stereocenters. The molecule has 1 saturated heterocycles. The van der Waals surface area contributed by atoms with Crippen molar-refractivity contribution < 1.29 is 14.9 Å². The van der Waals surface area contributed by atoms with Gasteiger partial charge in [-0.15, -0.1) is 0 Å². The normalized spacial score (nSPS) is 19.6. The van der Waals surface area contributed by atoms with Gasteiger partial charge in [0.25, 0.3) is 0 Å². The quantitative estimate of drug-likeness (QED) is 0.663. The molecule has 1 heterocycles. The fourth-order valence-electron chi connectivity index (χ4n) is 2.12. The molecule has 4 N–H and O–H groups in total. The number of nitrogen functional groups attached to an aromatic ring is 1. The van der Waals surface area contributed by atoms with Crippen LogP contribution < -0.4 is 5.73 Å². The maximum atomic E-state index is 10.2. The lowest BCUT2D eigenvalue weighted by Gasteiger charge is -2.27. The van der Waals surface area contributed by atoms with Crippen LogP contribution >= 0.6 is 0 Å². The molecule has 1 aromatic carbocycles. The van der Waals surface area contributed by atoms with Crippen molar-refractivity contribution in [2.75, 3.05) is 18.9 Å². The molecule has 0 aromatic heterocycles. The Balaban J connectivity index is 2.15. The molecule has 0 aliphatic carbocycles. The molecule has 1 fully saturated rings. The topological polar surface area (TPSA) is 75.7 Å². The van der Waals surface area contributed by atoms with Gasteiger partial charge in [0, 0.05) is 30.5 Å². The molecule has 0 saturated carbocycles. The van der Waals surface area contributed by atoms with Crippen LogP contribution in [0.15, 0.2) is 18.2 Å².